The van der Waals surface area contributed by atoms with Gasteiger partial charge in [-0.05, 0) is 41.3 Å². The number of hydrogen-bond donors (Lipinski definition) is 0. The normalized spacial score (nSPS) is 11.9. The molecular weight excluding hydrogens is 384 g/mol. The lowest BCUT2D eigenvalue weighted by molar-refractivity contribution is -0.153. The van der Waals surface area contributed by atoms with Crippen molar-refractivity contribution >= 4 is 5.97 Å². The van der Waals surface area contributed by atoms with Crippen molar-refractivity contribution in [2.75, 3.05) is 7.05 Å². The Morgan fingerprint density at radius 2 is 1.58 bits per heavy atom. The molecule has 0 aliphatic rings. The van der Waals surface area contributed by atoms with E-state index >= 15 is 0 Å². The summed E-state index contributed by atoms with van der Waals surface area (Å²) >= 11 is 0. The van der Waals surface area contributed by atoms with E-state index < -0.39 is 0 Å². The number of esters is 1. The Morgan fingerprint density at radius 1 is 0.935 bits per heavy atom. The highest BCUT2D eigenvalue weighted by Gasteiger charge is 2.28. The molecule has 0 radical (unpaired) electrons. The smallest absolute Gasteiger partial charge is 0.323 e. The van der Waals surface area contributed by atoms with Crippen LogP contribution < -0.4 is 0 Å². The predicted octanol–water partition coefficient (Wildman–Crippen LogP) is 5.43. The summed E-state index contributed by atoms with van der Waals surface area (Å²) in [6.07, 6.45) is 0. The molecule has 0 aromatic heterocycles. The standard InChI is InChI=1S/C27H28N2O2/c1-20(2)26(27(30)31-19-22-9-5-4-6-10-22)29(3)18-21-13-15-23(16-14-21)25-12-8-7-11-24(25)17-28/h4-16,20,26H,18-19H2,1-3H3. The molecule has 3 aromatic rings. The van der Waals surface area contributed by atoms with Gasteiger partial charge in [-0.1, -0.05) is 86.6 Å². The lowest BCUT2D eigenvalue weighted by Crippen LogP contribution is -2.43. The molecule has 0 saturated carbocycles. The third kappa shape index (κ3) is 5.81. The molecule has 1 unspecified atom stereocenters. The van der Waals surface area contributed by atoms with Gasteiger partial charge in [-0.2, -0.15) is 5.26 Å². The van der Waals surface area contributed by atoms with Crippen LogP contribution in [0.25, 0.3) is 11.1 Å². The van der Waals surface area contributed by atoms with Gasteiger partial charge in [-0.15, -0.1) is 0 Å². The van der Waals surface area contributed by atoms with Gasteiger partial charge in [0.1, 0.15) is 12.6 Å². The van der Waals surface area contributed by atoms with Crippen LogP contribution in [0.15, 0.2) is 78.9 Å². The quantitative estimate of drug-likeness (QED) is 0.463. The summed E-state index contributed by atoms with van der Waals surface area (Å²) in [5.41, 5.74) is 4.67. The summed E-state index contributed by atoms with van der Waals surface area (Å²) in [7, 11) is 1.95. The maximum Gasteiger partial charge on any atom is 0.323 e. The number of nitriles is 1. The first kappa shape index (κ1) is 22.3. The van der Waals surface area contributed by atoms with Gasteiger partial charge in [0.2, 0.25) is 0 Å². The van der Waals surface area contributed by atoms with Gasteiger partial charge in [0.05, 0.1) is 11.6 Å². The van der Waals surface area contributed by atoms with Crippen LogP contribution in [0.2, 0.25) is 0 Å². The number of carbonyl (C=O) groups is 1. The molecule has 1 atom stereocenters. The molecule has 3 aromatic carbocycles. The molecule has 0 heterocycles. The molecule has 31 heavy (non-hydrogen) atoms. The second-order valence-corrected chi connectivity index (χ2v) is 8.05. The fourth-order valence-electron chi connectivity index (χ4n) is 3.78. The minimum Gasteiger partial charge on any atom is -0.460 e. The van der Waals surface area contributed by atoms with Crippen molar-refractivity contribution in [3.05, 3.63) is 95.6 Å². The zero-order valence-electron chi connectivity index (χ0n) is 18.3. The summed E-state index contributed by atoms with van der Waals surface area (Å²) in [5, 5.41) is 9.33. The van der Waals surface area contributed by atoms with Gasteiger partial charge in [-0.3, -0.25) is 9.69 Å². The molecule has 0 aliphatic heterocycles. The Bertz CT molecular complexity index is 1040. The summed E-state index contributed by atoms with van der Waals surface area (Å²) in [6, 6.07) is 27.4. The average Bonchev–Trinajstić information content (AvgIpc) is 2.78. The number of ether oxygens (including phenoxy) is 1. The van der Waals surface area contributed by atoms with E-state index in [1.54, 1.807) is 0 Å². The molecule has 3 rings (SSSR count). The fourth-order valence-corrected chi connectivity index (χ4v) is 3.78. The summed E-state index contributed by atoms with van der Waals surface area (Å²) in [5.74, 6) is -0.0871. The van der Waals surface area contributed by atoms with Gasteiger partial charge in [-0.25, -0.2) is 0 Å². The Morgan fingerprint density at radius 3 is 2.23 bits per heavy atom. The van der Waals surface area contributed by atoms with Crippen molar-refractivity contribution in [2.24, 2.45) is 5.92 Å². The maximum absolute atomic E-state index is 12.8. The molecular formula is C27H28N2O2. The topological polar surface area (TPSA) is 53.3 Å². The second-order valence-electron chi connectivity index (χ2n) is 8.05. The van der Waals surface area contributed by atoms with E-state index in [1.807, 2.05) is 105 Å². The predicted molar refractivity (Wildman–Crippen MR) is 123 cm³/mol. The van der Waals surface area contributed by atoms with Crippen molar-refractivity contribution in [1.82, 2.24) is 4.90 Å². The molecule has 0 saturated heterocycles. The Labute approximate surface area is 184 Å². The fraction of sp³-hybridized carbons (Fsp3) is 0.259. The van der Waals surface area contributed by atoms with E-state index in [9.17, 15) is 10.1 Å². The van der Waals surface area contributed by atoms with E-state index in [-0.39, 0.29) is 24.5 Å². The van der Waals surface area contributed by atoms with Crippen LogP contribution in [-0.2, 0) is 22.7 Å². The van der Waals surface area contributed by atoms with Crippen LogP contribution >= 0.6 is 0 Å². The van der Waals surface area contributed by atoms with Crippen molar-refractivity contribution in [3.8, 4) is 17.2 Å². The van der Waals surface area contributed by atoms with Gasteiger partial charge in [0, 0.05) is 6.54 Å². The molecule has 0 amide bonds. The van der Waals surface area contributed by atoms with Gasteiger partial charge >= 0.3 is 5.97 Å². The minimum atomic E-state index is -0.331. The number of rotatable bonds is 8. The van der Waals surface area contributed by atoms with E-state index in [2.05, 4.69) is 6.07 Å². The zero-order chi connectivity index (χ0) is 22.2. The third-order valence-electron chi connectivity index (χ3n) is 5.32. The van der Waals surface area contributed by atoms with Crippen molar-refractivity contribution in [2.45, 2.75) is 33.0 Å². The maximum atomic E-state index is 12.8. The molecule has 158 valence electrons. The highest BCUT2D eigenvalue weighted by Crippen LogP contribution is 2.24. The number of carbonyl (C=O) groups excluding carboxylic acids is 1. The minimum absolute atomic E-state index is 0.120. The van der Waals surface area contributed by atoms with Gasteiger partial charge in [0.25, 0.3) is 0 Å². The third-order valence-corrected chi connectivity index (χ3v) is 5.32. The van der Waals surface area contributed by atoms with E-state index in [0.717, 1.165) is 22.3 Å². The average molecular weight is 413 g/mol. The summed E-state index contributed by atoms with van der Waals surface area (Å²) in [6.45, 7) is 4.98. The molecule has 4 heteroatoms. The summed E-state index contributed by atoms with van der Waals surface area (Å²) < 4.78 is 5.60. The number of hydrogen-bond acceptors (Lipinski definition) is 4. The number of nitrogens with zero attached hydrogens (tertiary/aromatic N) is 2. The van der Waals surface area contributed by atoms with Crippen molar-refractivity contribution < 1.29 is 9.53 Å². The molecule has 0 N–H and O–H groups in total. The first-order valence-corrected chi connectivity index (χ1v) is 10.5. The summed E-state index contributed by atoms with van der Waals surface area (Å²) in [4.78, 5) is 14.8. The molecule has 0 spiro atoms. The van der Waals surface area contributed by atoms with Crippen LogP contribution in [0.4, 0.5) is 0 Å². The van der Waals surface area contributed by atoms with E-state index in [4.69, 9.17) is 4.74 Å². The van der Waals surface area contributed by atoms with E-state index in [1.165, 1.54) is 0 Å². The highest BCUT2D eigenvalue weighted by atomic mass is 16.5. The zero-order valence-corrected chi connectivity index (χ0v) is 18.3. The lowest BCUT2D eigenvalue weighted by atomic mass is 9.98. The molecule has 0 fully saturated rings. The Kier molecular flexibility index (Phi) is 7.59. The second kappa shape index (κ2) is 10.6. The Hall–Kier alpha value is -3.42. The molecule has 0 aliphatic carbocycles. The first-order valence-electron chi connectivity index (χ1n) is 10.5. The van der Waals surface area contributed by atoms with E-state index in [0.29, 0.717) is 12.1 Å². The van der Waals surface area contributed by atoms with Crippen molar-refractivity contribution in [3.63, 3.8) is 0 Å². The largest absolute Gasteiger partial charge is 0.460 e. The van der Waals surface area contributed by atoms with Gasteiger partial charge in [0.15, 0.2) is 0 Å². The van der Waals surface area contributed by atoms with Crippen molar-refractivity contribution in [1.29, 1.82) is 5.26 Å². The lowest BCUT2D eigenvalue weighted by Gasteiger charge is -2.29. The van der Waals surface area contributed by atoms with Crippen LogP contribution in [0.3, 0.4) is 0 Å². The van der Waals surface area contributed by atoms with Crippen LogP contribution in [0.1, 0.15) is 30.5 Å². The van der Waals surface area contributed by atoms with Crippen LogP contribution in [-0.4, -0.2) is 24.0 Å². The highest BCUT2D eigenvalue weighted by molar-refractivity contribution is 5.76. The Balaban J connectivity index is 1.67. The SMILES string of the molecule is CC(C)C(C(=O)OCc1ccccc1)N(C)Cc1ccc(-c2ccccc2C#N)cc1. The van der Waals surface area contributed by atoms with Crippen LogP contribution in [0.5, 0.6) is 0 Å². The van der Waals surface area contributed by atoms with Gasteiger partial charge < -0.3 is 4.74 Å². The molecule has 0 bridgehead atoms. The molecule has 4 nitrogen and oxygen atoms in total. The number of benzene rings is 3. The van der Waals surface area contributed by atoms with Crippen LogP contribution in [0, 0.1) is 17.2 Å². The first-order chi connectivity index (χ1) is 15.0. The monoisotopic (exact) mass is 412 g/mol. The number of likely N-dealkylation sites (N-methyl/N-ethyl adjacent to an activating group) is 1.